The zero-order valence-electron chi connectivity index (χ0n) is 23.7. The Morgan fingerprint density at radius 3 is 2.55 bits per heavy atom. The number of alkyl carbamates (subject to hydrolysis) is 1. The first-order valence-corrected chi connectivity index (χ1v) is 13.8. The molecule has 42 heavy (non-hydrogen) atoms. The number of carbonyl (C=O) groups is 1. The summed E-state index contributed by atoms with van der Waals surface area (Å²) in [6.45, 7) is 6.54. The molecule has 0 spiro atoms. The van der Waals surface area contributed by atoms with Crippen LogP contribution in [0.5, 0.6) is 0 Å². The smallest absolute Gasteiger partial charge is 0.407 e. The molecule has 0 unspecified atom stereocenters. The van der Waals surface area contributed by atoms with Gasteiger partial charge in [-0.05, 0) is 61.3 Å². The normalized spacial score (nSPS) is 20.0. The second-order valence-electron chi connectivity index (χ2n) is 10.8. The number of benzene rings is 1. The van der Waals surface area contributed by atoms with Gasteiger partial charge in [-0.1, -0.05) is 6.92 Å². The highest BCUT2D eigenvalue weighted by Crippen LogP contribution is 2.45. The summed E-state index contributed by atoms with van der Waals surface area (Å²) in [7, 11) is 1.71. The van der Waals surface area contributed by atoms with Crippen molar-refractivity contribution in [3.8, 4) is 0 Å². The van der Waals surface area contributed by atoms with Gasteiger partial charge in [-0.2, -0.15) is 0 Å². The molecule has 0 aromatic heterocycles. The zero-order valence-corrected chi connectivity index (χ0v) is 25.3. The van der Waals surface area contributed by atoms with E-state index in [0.717, 1.165) is 0 Å². The molecular formula is C30H29BrFN3O7. The first-order valence-electron chi connectivity index (χ1n) is 13.0. The van der Waals surface area contributed by atoms with E-state index in [9.17, 15) is 24.3 Å². The number of likely N-dealkylation sites (N-methyl/N-ethyl adjacent to an activating group) is 1. The first kappa shape index (κ1) is 30.8. The molecule has 3 aliphatic rings. The standard InChI is InChI=1S/C30H29BrFN3O7/c1-6-30(40)21-7-8-35(25(14-37)20(21)16-41-26(30)15-38)12-24-27(31)19(13-36)18-10-22(32)17(9-23(18)34(24)5)11-33-28(39)42-29(2,3)4/h7-10,40H,6,11-12,16H2,1-5H3,(H,33,39)/t30-/m0/s1. The second kappa shape index (κ2) is 11.6. The number of fused-ring (bicyclic) bond motifs is 1. The first-order chi connectivity index (χ1) is 19.8. The van der Waals surface area contributed by atoms with Gasteiger partial charge >= 0.3 is 6.09 Å². The quantitative estimate of drug-likeness (QED) is 0.461. The van der Waals surface area contributed by atoms with Crippen LogP contribution < -0.4 is 10.2 Å². The molecule has 4 rings (SSSR count). The van der Waals surface area contributed by atoms with Crippen LogP contribution in [0.2, 0.25) is 0 Å². The highest BCUT2D eigenvalue weighted by atomic mass is 79.9. The van der Waals surface area contributed by atoms with Crippen molar-refractivity contribution in [2.24, 2.45) is 0 Å². The summed E-state index contributed by atoms with van der Waals surface area (Å²) in [5.41, 5.74) is -0.194. The van der Waals surface area contributed by atoms with Crippen molar-refractivity contribution < 1.29 is 38.1 Å². The lowest BCUT2D eigenvalue weighted by molar-refractivity contribution is 0.0313. The Kier molecular flexibility index (Phi) is 8.51. The van der Waals surface area contributed by atoms with Crippen LogP contribution >= 0.6 is 15.9 Å². The van der Waals surface area contributed by atoms with Gasteiger partial charge in [0.25, 0.3) is 0 Å². The molecule has 0 fully saturated rings. The minimum absolute atomic E-state index is 0.0450. The van der Waals surface area contributed by atoms with Gasteiger partial charge in [-0.25, -0.2) is 23.6 Å². The minimum atomic E-state index is -1.75. The van der Waals surface area contributed by atoms with E-state index in [2.05, 4.69) is 21.2 Å². The third-order valence-corrected chi connectivity index (χ3v) is 7.97. The number of hydrogen-bond acceptors (Lipinski definition) is 9. The van der Waals surface area contributed by atoms with Crippen molar-refractivity contribution in [3.63, 3.8) is 0 Å². The van der Waals surface area contributed by atoms with Gasteiger partial charge in [0, 0.05) is 47.8 Å². The highest BCUT2D eigenvalue weighted by Gasteiger charge is 2.44. The molecule has 0 saturated heterocycles. The molecule has 0 saturated carbocycles. The summed E-state index contributed by atoms with van der Waals surface area (Å²) in [6.07, 6.45) is 2.56. The molecule has 0 radical (unpaired) electrons. The van der Waals surface area contributed by atoms with E-state index in [1.165, 1.54) is 12.1 Å². The lowest BCUT2D eigenvalue weighted by Gasteiger charge is -2.40. The van der Waals surface area contributed by atoms with E-state index in [4.69, 9.17) is 9.47 Å². The van der Waals surface area contributed by atoms with E-state index >= 15 is 4.39 Å². The van der Waals surface area contributed by atoms with E-state index in [1.807, 2.05) is 11.9 Å². The molecule has 1 aromatic rings. The lowest BCUT2D eigenvalue weighted by Crippen LogP contribution is -2.42. The molecule has 1 amide bonds. The van der Waals surface area contributed by atoms with Gasteiger partial charge < -0.3 is 29.7 Å². The Morgan fingerprint density at radius 1 is 1.24 bits per heavy atom. The van der Waals surface area contributed by atoms with E-state index in [1.54, 1.807) is 62.8 Å². The fraction of sp³-hybridized carbons (Fsp3) is 0.367. The maximum atomic E-state index is 15.1. The number of hydrogen-bond donors (Lipinski definition) is 2. The Hall–Kier alpha value is -4.17. The van der Waals surface area contributed by atoms with Crippen LogP contribution in [0.25, 0.3) is 5.57 Å². The van der Waals surface area contributed by atoms with Gasteiger partial charge in [0.1, 0.15) is 29.7 Å². The van der Waals surface area contributed by atoms with Crippen LogP contribution in [0.15, 0.2) is 57.2 Å². The number of rotatable bonds is 5. The molecule has 0 aliphatic carbocycles. The Balaban J connectivity index is 1.67. The Labute approximate surface area is 250 Å². The van der Waals surface area contributed by atoms with Gasteiger partial charge in [-0.15, -0.1) is 0 Å². The van der Waals surface area contributed by atoms with Crippen molar-refractivity contribution in [2.75, 3.05) is 25.1 Å². The third kappa shape index (κ3) is 5.51. The number of nitrogens with one attached hydrogen (secondary N) is 1. The molecule has 3 aliphatic heterocycles. The summed E-state index contributed by atoms with van der Waals surface area (Å²) >= 11 is 3.46. The van der Waals surface area contributed by atoms with E-state index in [0.29, 0.717) is 27.0 Å². The molecule has 220 valence electrons. The summed E-state index contributed by atoms with van der Waals surface area (Å²) in [5.74, 6) is 4.54. The van der Waals surface area contributed by atoms with Crippen LogP contribution in [0, 0.1) is 5.82 Å². The van der Waals surface area contributed by atoms with Crippen LogP contribution in [-0.4, -0.2) is 65.3 Å². The molecule has 2 N–H and O–H groups in total. The van der Waals surface area contributed by atoms with Crippen LogP contribution in [0.4, 0.5) is 14.9 Å². The molecule has 3 heterocycles. The Bertz CT molecular complexity index is 1600. The second-order valence-corrected chi connectivity index (χ2v) is 11.6. The number of ether oxygens (including phenoxy) is 2. The monoisotopic (exact) mass is 641 g/mol. The van der Waals surface area contributed by atoms with Crippen molar-refractivity contribution in [2.45, 2.75) is 51.9 Å². The van der Waals surface area contributed by atoms with Crippen molar-refractivity contribution >= 4 is 51.1 Å². The number of halogens is 2. The van der Waals surface area contributed by atoms with Gasteiger partial charge in [0.2, 0.25) is 5.76 Å². The maximum Gasteiger partial charge on any atom is 0.407 e. The summed E-state index contributed by atoms with van der Waals surface area (Å²) in [5, 5.41) is 13.7. The highest BCUT2D eigenvalue weighted by molar-refractivity contribution is 9.12. The number of anilines is 1. The molecule has 12 heteroatoms. The van der Waals surface area contributed by atoms with E-state index in [-0.39, 0.29) is 54.3 Å². The van der Waals surface area contributed by atoms with E-state index < -0.39 is 23.1 Å². The number of aliphatic hydroxyl groups is 1. The number of amides is 1. The number of nitrogens with zero attached hydrogens (tertiary/aromatic N) is 2. The average molecular weight is 642 g/mol. The average Bonchev–Trinajstić information content (AvgIpc) is 2.93. The SMILES string of the molecule is CC[C@@]1(O)C(=C=O)OCC2=C1C=CN(CC1=C(Br)C(=C=O)c3cc(F)c(CNC(=O)OC(C)(C)C)cc3N1C)C2=C=O. The predicted molar refractivity (Wildman–Crippen MR) is 155 cm³/mol. The van der Waals surface area contributed by atoms with Crippen molar-refractivity contribution in [1.82, 2.24) is 10.2 Å². The number of carbonyl (C=O) groups excluding carboxylic acids is 4. The largest absolute Gasteiger partial charge is 0.479 e. The van der Waals surface area contributed by atoms with Crippen LogP contribution in [0.1, 0.15) is 45.2 Å². The van der Waals surface area contributed by atoms with Gasteiger partial charge in [0.15, 0.2) is 17.5 Å². The van der Waals surface area contributed by atoms with Crippen molar-refractivity contribution in [3.05, 3.63) is 74.1 Å². The lowest BCUT2D eigenvalue weighted by atomic mass is 9.81. The van der Waals surface area contributed by atoms with Crippen LogP contribution in [0.3, 0.4) is 0 Å². The van der Waals surface area contributed by atoms with Crippen molar-refractivity contribution in [1.29, 1.82) is 0 Å². The fourth-order valence-electron chi connectivity index (χ4n) is 4.97. The molecular weight excluding hydrogens is 613 g/mol. The predicted octanol–water partition coefficient (Wildman–Crippen LogP) is 3.85. The minimum Gasteiger partial charge on any atom is -0.479 e. The summed E-state index contributed by atoms with van der Waals surface area (Å²) < 4.78 is 26.1. The molecule has 10 nitrogen and oxygen atoms in total. The summed E-state index contributed by atoms with van der Waals surface area (Å²) in [6, 6.07) is 2.72. The molecule has 1 aromatic carbocycles. The zero-order chi connectivity index (χ0) is 31.0. The maximum absolute atomic E-state index is 15.1. The third-order valence-electron chi connectivity index (χ3n) is 7.12. The Morgan fingerprint density at radius 2 is 1.95 bits per heavy atom. The summed E-state index contributed by atoms with van der Waals surface area (Å²) in [4.78, 5) is 51.1. The number of allylic oxidation sites excluding steroid dienone is 2. The van der Waals surface area contributed by atoms with Gasteiger partial charge in [-0.3, -0.25) is 0 Å². The molecule has 1 atom stereocenters. The molecule has 0 bridgehead atoms. The van der Waals surface area contributed by atoms with Crippen LogP contribution in [-0.2, 0) is 30.4 Å². The topological polar surface area (TPSA) is 125 Å². The fourth-order valence-corrected chi connectivity index (χ4v) is 5.65. The van der Waals surface area contributed by atoms with Gasteiger partial charge in [0.05, 0.1) is 22.3 Å².